The number of rotatable bonds is 1. The van der Waals surface area contributed by atoms with Crippen LogP contribution in [0.4, 0.5) is 0 Å². The van der Waals surface area contributed by atoms with Crippen molar-refractivity contribution >= 4 is 11.3 Å². The Morgan fingerprint density at radius 1 is 1.46 bits per heavy atom. The van der Waals surface area contributed by atoms with Crippen molar-refractivity contribution < 1.29 is 4.74 Å². The Morgan fingerprint density at radius 3 is 2.69 bits per heavy atom. The number of hydrogen-bond acceptors (Lipinski definition) is 3. The molecule has 0 bridgehead atoms. The van der Waals surface area contributed by atoms with Crippen LogP contribution >= 0.6 is 11.3 Å². The number of ether oxygens (including phenoxy) is 1. The minimum absolute atomic E-state index is 0.0568. The van der Waals surface area contributed by atoms with Gasteiger partial charge < -0.3 is 4.74 Å². The van der Waals surface area contributed by atoms with Crippen LogP contribution in [0, 0.1) is 0 Å². The third-order valence-corrected chi connectivity index (χ3v) is 3.40. The minimum atomic E-state index is -0.280. The summed E-state index contributed by atoms with van der Waals surface area (Å²) in [6.45, 7) is 7.21. The van der Waals surface area contributed by atoms with E-state index in [0.29, 0.717) is 0 Å². The molecule has 0 radical (unpaired) electrons. The summed E-state index contributed by atoms with van der Waals surface area (Å²) >= 11 is 1.73. The predicted molar refractivity (Wildman–Crippen MR) is 54.8 cm³/mol. The molecule has 3 heteroatoms. The van der Waals surface area contributed by atoms with E-state index in [4.69, 9.17) is 4.74 Å². The first-order valence-corrected chi connectivity index (χ1v) is 5.39. The van der Waals surface area contributed by atoms with Gasteiger partial charge in [-0.3, -0.25) is 5.32 Å². The molecular formula is C10H15NOS. The van der Waals surface area contributed by atoms with Crippen LogP contribution in [0.5, 0.6) is 0 Å². The topological polar surface area (TPSA) is 21.3 Å². The van der Waals surface area contributed by atoms with E-state index >= 15 is 0 Å². The van der Waals surface area contributed by atoms with Gasteiger partial charge in [-0.05, 0) is 32.2 Å². The molecule has 0 aromatic carbocycles. The summed E-state index contributed by atoms with van der Waals surface area (Å²) in [5.41, 5.74) is -0.337. The zero-order chi connectivity index (χ0) is 9.53. The van der Waals surface area contributed by atoms with E-state index in [9.17, 15) is 0 Å². The van der Waals surface area contributed by atoms with Gasteiger partial charge in [0.25, 0.3) is 0 Å². The number of nitrogens with one attached hydrogen (secondary N) is 1. The van der Waals surface area contributed by atoms with Crippen LogP contribution in [-0.2, 0) is 10.5 Å². The minimum Gasteiger partial charge on any atom is -0.349 e. The summed E-state index contributed by atoms with van der Waals surface area (Å²) in [6, 6.07) is 4.17. The average Bonchev–Trinajstić information content (AvgIpc) is 2.58. The van der Waals surface area contributed by atoms with Crippen LogP contribution in [0.1, 0.15) is 25.6 Å². The highest BCUT2D eigenvalue weighted by Crippen LogP contribution is 2.35. The maximum atomic E-state index is 5.98. The van der Waals surface area contributed by atoms with Crippen molar-refractivity contribution in [1.82, 2.24) is 5.32 Å². The Labute approximate surface area is 82.9 Å². The number of hydrogen-bond donors (Lipinski definition) is 1. The van der Waals surface area contributed by atoms with Crippen molar-refractivity contribution in [3.05, 3.63) is 22.4 Å². The second-order valence-electron chi connectivity index (χ2n) is 4.23. The molecule has 2 nitrogen and oxygen atoms in total. The van der Waals surface area contributed by atoms with Crippen LogP contribution in [-0.4, -0.2) is 12.1 Å². The van der Waals surface area contributed by atoms with Gasteiger partial charge in [-0.25, -0.2) is 0 Å². The highest BCUT2D eigenvalue weighted by molar-refractivity contribution is 7.10. The van der Waals surface area contributed by atoms with Gasteiger partial charge >= 0.3 is 0 Å². The lowest BCUT2D eigenvalue weighted by molar-refractivity contribution is -0.0817. The van der Waals surface area contributed by atoms with E-state index in [0.717, 1.165) is 6.54 Å². The Balaban J connectivity index is 2.25. The zero-order valence-electron chi connectivity index (χ0n) is 8.26. The summed E-state index contributed by atoms with van der Waals surface area (Å²) in [6.07, 6.45) is 0. The second-order valence-corrected chi connectivity index (χ2v) is 5.17. The third-order valence-electron chi connectivity index (χ3n) is 2.32. The van der Waals surface area contributed by atoms with Crippen LogP contribution < -0.4 is 5.32 Å². The van der Waals surface area contributed by atoms with Crippen LogP contribution in [0.2, 0.25) is 0 Å². The SMILES string of the molecule is CC1(C)CNC(C)(c2cccs2)O1. The summed E-state index contributed by atoms with van der Waals surface area (Å²) in [5.74, 6) is 0. The van der Waals surface area contributed by atoms with E-state index < -0.39 is 0 Å². The zero-order valence-corrected chi connectivity index (χ0v) is 9.07. The van der Waals surface area contributed by atoms with Crippen molar-refractivity contribution in [2.75, 3.05) is 6.54 Å². The molecule has 0 amide bonds. The fourth-order valence-corrected chi connectivity index (χ4v) is 2.49. The molecule has 1 atom stereocenters. The molecule has 1 aromatic rings. The van der Waals surface area contributed by atoms with Crippen molar-refractivity contribution in [1.29, 1.82) is 0 Å². The Hall–Kier alpha value is -0.380. The smallest absolute Gasteiger partial charge is 0.152 e. The highest BCUT2D eigenvalue weighted by Gasteiger charge is 2.42. The molecule has 72 valence electrons. The van der Waals surface area contributed by atoms with Crippen molar-refractivity contribution in [2.24, 2.45) is 0 Å². The molecule has 2 heterocycles. The quantitative estimate of drug-likeness (QED) is 0.746. The maximum Gasteiger partial charge on any atom is 0.152 e. The van der Waals surface area contributed by atoms with Crippen LogP contribution in [0.15, 0.2) is 17.5 Å². The monoisotopic (exact) mass is 197 g/mol. The summed E-state index contributed by atoms with van der Waals surface area (Å²) in [4.78, 5) is 1.25. The first-order valence-electron chi connectivity index (χ1n) is 4.51. The van der Waals surface area contributed by atoms with Crippen molar-refractivity contribution in [3.8, 4) is 0 Å². The van der Waals surface area contributed by atoms with Gasteiger partial charge in [-0.2, -0.15) is 0 Å². The molecule has 1 unspecified atom stereocenters. The van der Waals surface area contributed by atoms with E-state index in [1.807, 2.05) is 0 Å². The van der Waals surface area contributed by atoms with Gasteiger partial charge in [0.15, 0.2) is 5.72 Å². The Morgan fingerprint density at radius 2 is 2.23 bits per heavy atom. The van der Waals surface area contributed by atoms with Crippen molar-refractivity contribution in [3.63, 3.8) is 0 Å². The lowest BCUT2D eigenvalue weighted by Gasteiger charge is -2.25. The van der Waals surface area contributed by atoms with E-state index in [1.54, 1.807) is 11.3 Å². The predicted octanol–water partition coefficient (Wildman–Crippen LogP) is 2.32. The molecule has 2 rings (SSSR count). The normalized spacial score (nSPS) is 32.2. The molecular weight excluding hydrogens is 182 g/mol. The van der Waals surface area contributed by atoms with Crippen LogP contribution in [0.25, 0.3) is 0 Å². The molecule has 1 fully saturated rings. The lowest BCUT2D eigenvalue weighted by atomic mass is 10.1. The van der Waals surface area contributed by atoms with Gasteiger partial charge in [0.1, 0.15) is 0 Å². The van der Waals surface area contributed by atoms with Gasteiger partial charge in [0.05, 0.1) is 10.5 Å². The first-order chi connectivity index (χ1) is 6.02. The molecule has 1 aromatic heterocycles. The largest absolute Gasteiger partial charge is 0.349 e. The molecule has 1 saturated heterocycles. The molecule has 1 aliphatic rings. The molecule has 0 spiro atoms. The van der Waals surface area contributed by atoms with E-state index in [2.05, 4.69) is 43.6 Å². The van der Waals surface area contributed by atoms with Crippen molar-refractivity contribution in [2.45, 2.75) is 32.1 Å². The first kappa shape index (κ1) is 9.19. The standard InChI is InChI=1S/C10H15NOS/c1-9(2)7-11-10(3,12-9)8-5-4-6-13-8/h4-6,11H,7H2,1-3H3. The molecule has 13 heavy (non-hydrogen) atoms. The van der Waals surface area contributed by atoms with Gasteiger partial charge in [-0.15, -0.1) is 11.3 Å². The Kier molecular flexibility index (Phi) is 1.98. The maximum absolute atomic E-state index is 5.98. The summed E-state index contributed by atoms with van der Waals surface area (Å²) < 4.78 is 5.98. The molecule has 1 N–H and O–H groups in total. The highest BCUT2D eigenvalue weighted by atomic mass is 32.1. The second kappa shape index (κ2) is 2.80. The molecule has 0 saturated carbocycles. The number of thiophene rings is 1. The van der Waals surface area contributed by atoms with E-state index in [1.165, 1.54) is 4.88 Å². The van der Waals surface area contributed by atoms with Crippen LogP contribution in [0.3, 0.4) is 0 Å². The van der Waals surface area contributed by atoms with E-state index in [-0.39, 0.29) is 11.3 Å². The fourth-order valence-electron chi connectivity index (χ4n) is 1.69. The van der Waals surface area contributed by atoms with Gasteiger partial charge in [0.2, 0.25) is 0 Å². The van der Waals surface area contributed by atoms with Gasteiger partial charge in [0, 0.05) is 6.54 Å². The third kappa shape index (κ3) is 1.64. The molecule has 1 aliphatic heterocycles. The lowest BCUT2D eigenvalue weighted by Crippen LogP contribution is -2.33. The molecule has 0 aliphatic carbocycles. The average molecular weight is 197 g/mol. The Bertz CT molecular complexity index is 294. The summed E-state index contributed by atoms with van der Waals surface area (Å²) in [7, 11) is 0. The fraction of sp³-hybridized carbons (Fsp3) is 0.600. The summed E-state index contributed by atoms with van der Waals surface area (Å²) in [5, 5.41) is 5.49. The van der Waals surface area contributed by atoms with Gasteiger partial charge in [-0.1, -0.05) is 6.07 Å².